The van der Waals surface area contributed by atoms with E-state index >= 15 is 0 Å². The summed E-state index contributed by atoms with van der Waals surface area (Å²) in [6.07, 6.45) is 1.77. The first kappa shape index (κ1) is 13.4. The maximum absolute atomic E-state index is 5.68. The van der Waals surface area contributed by atoms with Crippen molar-refractivity contribution in [2.45, 2.75) is 6.04 Å². The molecule has 0 amide bonds. The predicted octanol–water partition coefficient (Wildman–Crippen LogP) is 1.59. The molecule has 0 bridgehead atoms. The van der Waals surface area contributed by atoms with Crippen LogP contribution < -0.4 is 16.0 Å². The van der Waals surface area contributed by atoms with E-state index in [1.807, 2.05) is 36.4 Å². The second-order valence-electron chi connectivity index (χ2n) is 4.56. The highest BCUT2D eigenvalue weighted by atomic mass is 16.5. The van der Waals surface area contributed by atoms with Crippen LogP contribution in [-0.4, -0.2) is 22.3 Å². The molecule has 3 rings (SSSR count). The minimum Gasteiger partial charge on any atom is -0.480 e. The van der Waals surface area contributed by atoms with Gasteiger partial charge in [0.2, 0.25) is 5.88 Å². The molecule has 0 fully saturated rings. The molecule has 1 unspecified atom stereocenters. The van der Waals surface area contributed by atoms with Gasteiger partial charge in [-0.25, -0.2) is 5.43 Å². The lowest BCUT2D eigenvalue weighted by Crippen LogP contribution is -2.29. The van der Waals surface area contributed by atoms with Gasteiger partial charge >= 0.3 is 0 Å². The number of nitrogens with two attached hydrogens (primary N) is 1. The van der Waals surface area contributed by atoms with Crippen LogP contribution in [0, 0.1) is 0 Å². The molecule has 3 N–H and O–H groups in total. The molecule has 1 atom stereocenters. The summed E-state index contributed by atoms with van der Waals surface area (Å²) in [4.78, 5) is 4.35. The van der Waals surface area contributed by atoms with Crippen molar-refractivity contribution >= 4 is 10.9 Å². The molecular weight excluding hydrogens is 266 g/mol. The van der Waals surface area contributed by atoms with E-state index in [-0.39, 0.29) is 6.04 Å². The molecule has 21 heavy (non-hydrogen) atoms. The number of fused-ring (bicyclic) bond motifs is 1. The topological polar surface area (TPSA) is 86.0 Å². The molecule has 106 valence electrons. The van der Waals surface area contributed by atoms with Gasteiger partial charge in [-0.05, 0) is 23.8 Å². The van der Waals surface area contributed by atoms with E-state index in [1.165, 1.54) is 0 Å². The quantitative estimate of drug-likeness (QED) is 0.558. The fourth-order valence-corrected chi connectivity index (χ4v) is 2.21. The third-order valence-electron chi connectivity index (χ3n) is 3.30. The number of methoxy groups -OCH3 is 1. The lowest BCUT2D eigenvalue weighted by molar-refractivity contribution is 0.390. The molecule has 0 saturated heterocycles. The zero-order valence-electron chi connectivity index (χ0n) is 11.5. The van der Waals surface area contributed by atoms with Crippen LogP contribution in [0.15, 0.2) is 48.7 Å². The van der Waals surface area contributed by atoms with Crippen LogP contribution in [0.1, 0.15) is 17.3 Å². The summed E-state index contributed by atoms with van der Waals surface area (Å²) in [6.45, 7) is 0. The van der Waals surface area contributed by atoms with Crippen molar-refractivity contribution in [1.82, 2.24) is 20.6 Å². The van der Waals surface area contributed by atoms with Crippen molar-refractivity contribution < 1.29 is 4.74 Å². The summed E-state index contributed by atoms with van der Waals surface area (Å²) in [5.41, 5.74) is 5.37. The average Bonchev–Trinajstić information content (AvgIpc) is 2.56. The first-order chi connectivity index (χ1) is 10.3. The minimum absolute atomic E-state index is 0.255. The lowest BCUT2D eigenvalue weighted by Gasteiger charge is -2.15. The molecule has 0 radical (unpaired) electrons. The Morgan fingerprint density at radius 3 is 2.76 bits per heavy atom. The smallest absolute Gasteiger partial charge is 0.233 e. The molecule has 0 aliphatic heterocycles. The number of rotatable bonds is 4. The number of pyridine rings is 1. The zero-order valence-corrected chi connectivity index (χ0v) is 11.5. The van der Waals surface area contributed by atoms with Crippen LogP contribution in [0.4, 0.5) is 0 Å². The molecule has 0 saturated carbocycles. The average molecular weight is 281 g/mol. The van der Waals surface area contributed by atoms with Gasteiger partial charge in [0, 0.05) is 17.6 Å². The van der Waals surface area contributed by atoms with Crippen LogP contribution in [0.3, 0.4) is 0 Å². The molecule has 2 heterocycles. The molecule has 0 aliphatic carbocycles. The van der Waals surface area contributed by atoms with Crippen molar-refractivity contribution in [3.8, 4) is 5.88 Å². The first-order valence-corrected chi connectivity index (χ1v) is 6.50. The second-order valence-corrected chi connectivity index (χ2v) is 4.56. The van der Waals surface area contributed by atoms with Crippen LogP contribution in [0.5, 0.6) is 5.88 Å². The maximum Gasteiger partial charge on any atom is 0.233 e. The van der Waals surface area contributed by atoms with Crippen molar-refractivity contribution in [3.63, 3.8) is 0 Å². The van der Waals surface area contributed by atoms with Gasteiger partial charge in [-0.1, -0.05) is 18.2 Å². The Bertz CT molecular complexity index is 744. The van der Waals surface area contributed by atoms with Crippen molar-refractivity contribution in [2.24, 2.45) is 5.84 Å². The fourth-order valence-electron chi connectivity index (χ4n) is 2.21. The zero-order chi connectivity index (χ0) is 14.7. The summed E-state index contributed by atoms with van der Waals surface area (Å²) in [5.74, 6) is 6.15. The van der Waals surface area contributed by atoms with Gasteiger partial charge in [0.1, 0.15) is 0 Å². The normalized spacial score (nSPS) is 12.3. The maximum atomic E-state index is 5.68. The number of benzene rings is 1. The SMILES string of the molecule is COc1ccc(C(NN)c2ccc3cccnc3c2)nn1. The van der Waals surface area contributed by atoms with Gasteiger partial charge in [-0.3, -0.25) is 10.8 Å². The Morgan fingerprint density at radius 2 is 2.05 bits per heavy atom. The number of ether oxygens (including phenoxy) is 1. The van der Waals surface area contributed by atoms with Gasteiger partial charge < -0.3 is 4.74 Å². The molecule has 6 heteroatoms. The van der Waals surface area contributed by atoms with E-state index in [0.29, 0.717) is 11.6 Å². The second kappa shape index (κ2) is 5.82. The Kier molecular flexibility index (Phi) is 3.72. The molecule has 0 aliphatic rings. The molecular formula is C15H15N5O. The van der Waals surface area contributed by atoms with Crippen LogP contribution in [-0.2, 0) is 0 Å². The number of nitrogens with one attached hydrogen (secondary N) is 1. The van der Waals surface area contributed by atoms with Gasteiger partial charge in [-0.2, -0.15) is 0 Å². The highest BCUT2D eigenvalue weighted by Crippen LogP contribution is 2.23. The standard InChI is InChI=1S/C15H15N5O/c1-21-14-7-6-12(19-20-14)15(18-16)11-5-4-10-3-2-8-17-13(10)9-11/h2-9,15,18H,16H2,1H3. The van der Waals surface area contributed by atoms with E-state index in [9.17, 15) is 0 Å². The van der Waals surface area contributed by atoms with Crippen LogP contribution >= 0.6 is 0 Å². The predicted molar refractivity (Wildman–Crippen MR) is 79.5 cm³/mol. The van der Waals surface area contributed by atoms with Crippen molar-refractivity contribution in [2.75, 3.05) is 7.11 Å². The largest absolute Gasteiger partial charge is 0.480 e. The fraction of sp³-hybridized carbons (Fsp3) is 0.133. The molecule has 6 nitrogen and oxygen atoms in total. The minimum atomic E-state index is -0.255. The molecule has 3 aromatic rings. The molecule has 0 spiro atoms. The Balaban J connectivity index is 2.00. The number of aromatic nitrogens is 3. The van der Waals surface area contributed by atoms with E-state index in [1.54, 1.807) is 19.4 Å². The molecule has 2 aromatic heterocycles. The van der Waals surface area contributed by atoms with E-state index in [0.717, 1.165) is 16.5 Å². The van der Waals surface area contributed by atoms with Crippen LogP contribution in [0.25, 0.3) is 10.9 Å². The van der Waals surface area contributed by atoms with Gasteiger partial charge in [0.25, 0.3) is 0 Å². The highest BCUT2D eigenvalue weighted by molar-refractivity contribution is 5.79. The van der Waals surface area contributed by atoms with E-state index in [2.05, 4.69) is 20.6 Å². The lowest BCUT2D eigenvalue weighted by atomic mass is 10.0. The highest BCUT2D eigenvalue weighted by Gasteiger charge is 2.15. The van der Waals surface area contributed by atoms with E-state index in [4.69, 9.17) is 10.6 Å². The number of hydrogen-bond donors (Lipinski definition) is 2. The summed E-state index contributed by atoms with van der Waals surface area (Å²) < 4.78 is 5.01. The Hall–Kier alpha value is -2.57. The summed E-state index contributed by atoms with van der Waals surface area (Å²) in [6, 6.07) is 13.3. The summed E-state index contributed by atoms with van der Waals surface area (Å²) in [7, 11) is 1.55. The van der Waals surface area contributed by atoms with E-state index < -0.39 is 0 Å². The van der Waals surface area contributed by atoms with Gasteiger partial charge in [0.15, 0.2) is 0 Å². The van der Waals surface area contributed by atoms with Crippen molar-refractivity contribution in [3.05, 3.63) is 59.9 Å². The number of nitrogens with zero attached hydrogens (tertiary/aromatic N) is 3. The monoisotopic (exact) mass is 281 g/mol. The number of hydrazine groups is 1. The Labute approximate surface area is 122 Å². The summed E-state index contributed by atoms with van der Waals surface area (Å²) in [5, 5.41) is 9.19. The third-order valence-corrected chi connectivity index (χ3v) is 3.30. The Morgan fingerprint density at radius 1 is 1.14 bits per heavy atom. The van der Waals surface area contributed by atoms with Gasteiger partial charge in [-0.15, -0.1) is 10.2 Å². The third kappa shape index (κ3) is 2.67. The number of hydrogen-bond acceptors (Lipinski definition) is 6. The van der Waals surface area contributed by atoms with Crippen molar-refractivity contribution in [1.29, 1.82) is 0 Å². The van der Waals surface area contributed by atoms with Gasteiger partial charge in [0.05, 0.1) is 24.4 Å². The van der Waals surface area contributed by atoms with Crippen LogP contribution in [0.2, 0.25) is 0 Å². The molecule has 1 aromatic carbocycles. The summed E-state index contributed by atoms with van der Waals surface area (Å²) >= 11 is 0. The first-order valence-electron chi connectivity index (χ1n) is 6.50.